The maximum absolute atomic E-state index is 12.2. The molecule has 1 aliphatic heterocycles. The highest BCUT2D eigenvalue weighted by Crippen LogP contribution is 2.30. The number of aryl methyl sites for hydroxylation is 3. The Labute approximate surface area is 114 Å². The van der Waals surface area contributed by atoms with E-state index >= 15 is 0 Å². The van der Waals surface area contributed by atoms with Gasteiger partial charge in [-0.3, -0.25) is 4.79 Å². The quantitative estimate of drug-likeness (QED) is 0.903. The summed E-state index contributed by atoms with van der Waals surface area (Å²) in [6.45, 7) is 6.76. The number of amides is 1. The van der Waals surface area contributed by atoms with Gasteiger partial charge in [-0.25, -0.2) is 0 Å². The molecule has 4 nitrogen and oxygen atoms in total. The van der Waals surface area contributed by atoms with Crippen LogP contribution in [0.25, 0.3) is 0 Å². The Hall–Kier alpha value is -1.39. The molecule has 0 spiro atoms. The number of anilines is 1. The number of nitrogens with zero attached hydrogens (tertiary/aromatic N) is 1. The number of carbonyl (C=O) groups is 1. The van der Waals surface area contributed by atoms with Crippen LogP contribution in [0.5, 0.6) is 0 Å². The van der Waals surface area contributed by atoms with Crippen LogP contribution in [0.15, 0.2) is 12.1 Å². The number of rotatable bonds is 3. The van der Waals surface area contributed by atoms with Gasteiger partial charge in [0.1, 0.15) is 6.61 Å². The average Bonchev–Trinajstić information content (AvgIpc) is 2.31. The molecule has 0 radical (unpaired) electrons. The number of hydrogen-bond donors (Lipinski definition) is 1. The van der Waals surface area contributed by atoms with Crippen molar-refractivity contribution in [2.45, 2.75) is 33.2 Å². The van der Waals surface area contributed by atoms with E-state index in [1.165, 1.54) is 5.56 Å². The highest BCUT2D eigenvalue weighted by atomic mass is 16.5. The molecule has 19 heavy (non-hydrogen) atoms. The van der Waals surface area contributed by atoms with Crippen molar-refractivity contribution in [3.63, 3.8) is 0 Å². The minimum absolute atomic E-state index is 0.0280. The maximum atomic E-state index is 12.2. The number of carbonyl (C=O) groups excluding carboxylic acids is 1. The molecule has 1 aromatic rings. The number of morpholine rings is 1. The zero-order valence-corrected chi connectivity index (χ0v) is 11.8. The van der Waals surface area contributed by atoms with Crippen LogP contribution in [0.3, 0.4) is 0 Å². The topological polar surface area (TPSA) is 49.8 Å². The summed E-state index contributed by atoms with van der Waals surface area (Å²) in [6.07, 6.45) is 0.540. The summed E-state index contributed by atoms with van der Waals surface area (Å²) in [5.74, 6) is -0.0280. The monoisotopic (exact) mass is 263 g/mol. The lowest BCUT2D eigenvalue weighted by atomic mass is 10.0. The van der Waals surface area contributed by atoms with Crippen LogP contribution >= 0.6 is 0 Å². The molecular weight excluding hydrogens is 242 g/mol. The second-order valence-electron chi connectivity index (χ2n) is 5.19. The first-order valence-corrected chi connectivity index (χ1v) is 6.63. The van der Waals surface area contributed by atoms with Gasteiger partial charge in [0.2, 0.25) is 0 Å². The normalized spacial score (nSPS) is 19.9. The minimum atomic E-state index is -0.0774. The number of aliphatic hydroxyl groups is 1. The molecule has 1 amide bonds. The molecule has 0 aliphatic carbocycles. The summed E-state index contributed by atoms with van der Waals surface area (Å²) in [5, 5.41) is 9.16. The molecule has 1 aromatic carbocycles. The first-order chi connectivity index (χ1) is 9.04. The lowest BCUT2D eigenvalue weighted by Gasteiger charge is -2.37. The van der Waals surface area contributed by atoms with Crippen molar-refractivity contribution >= 4 is 11.6 Å². The summed E-state index contributed by atoms with van der Waals surface area (Å²) in [4.78, 5) is 14.0. The molecular formula is C15H21NO3. The first kappa shape index (κ1) is 14.0. The van der Waals surface area contributed by atoms with Crippen molar-refractivity contribution in [1.82, 2.24) is 0 Å². The van der Waals surface area contributed by atoms with E-state index in [2.05, 4.69) is 19.1 Å². The smallest absolute Gasteiger partial charge is 0.253 e. The van der Waals surface area contributed by atoms with Crippen LogP contribution in [-0.2, 0) is 9.53 Å². The number of aliphatic hydroxyl groups excluding tert-OH is 1. The SMILES string of the molecule is Cc1cc(C)c(N2C(=O)COCC2CCO)c(C)c1. The fourth-order valence-corrected chi connectivity index (χ4v) is 2.85. The molecule has 0 saturated carbocycles. The van der Waals surface area contributed by atoms with Crippen LogP contribution in [0, 0.1) is 20.8 Å². The van der Waals surface area contributed by atoms with Crippen molar-refractivity contribution in [2.75, 3.05) is 24.7 Å². The molecule has 1 fully saturated rings. The van der Waals surface area contributed by atoms with Gasteiger partial charge in [0.15, 0.2) is 0 Å². The lowest BCUT2D eigenvalue weighted by molar-refractivity contribution is -0.127. The van der Waals surface area contributed by atoms with Crippen LogP contribution in [0.2, 0.25) is 0 Å². The standard InChI is InChI=1S/C15H21NO3/c1-10-6-11(2)15(12(3)7-10)16-13(4-5-17)8-19-9-14(16)18/h6-7,13,17H,4-5,8-9H2,1-3H3. The zero-order chi connectivity index (χ0) is 14.0. The molecule has 1 aliphatic rings. The molecule has 1 N–H and O–H groups in total. The van der Waals surface area contributed by atoms with Gasteiger partial charge < -0.3 is 14.7 Å². The van der Waals surface area contributed by atoms with E-state index in [1.807, 2.05) is 18.7 Å². The Morgan fingerprint density at radius 1 is 1.32 bits per heavy atom. The van der Waals surface area contributed by atoms with Gasteiger partial charge in [0.05, 0.1) is 12.6 Å². The molecule has 1 saturated heterocycles. The third kappa shape index (κ3) is 2.80. The largest absolute Gasteiger partial charge is 0.396 e. The van der Waals surface area contributed by atoms with Crippen molar-refractivity contribution in [2.24, 2.45) is 0 Å². The lowest BCUT2D eigenvalue weighted by Crippen LogP contribution is -2.50. The molecule has 2 rings (SSSR count). The van der Waals surface area contributed by atoms with E-state index in [1.54, 1.807) is 0 Å². The van der Waals surface area contributed by atoms with Gasteiger partial charge in [0, 0.05) is 12.3 Å². The average molecular weight is 263 g/mol. The number of hydrogen-bond acceptors (Lipinski definition) is 3. The molecule has 0 bridgehead atoms. The third-order valence-corrected chi connectivity index (χ3v) is 3.51. The van der Waals surface area contributed by atoms with Crippen molar-refractivity contribution in [1.29, 1.82) is 0 Å². The summed E-state index contributed by atoms with van der Waals surface area (Å²) in [6, 6.07) is 4.09. The zero-order valence-electron chi connectivity index (χ0n) is 11.8. The van der Waals surface area contributed by atoms with Gasteiger partial charge in [-0.15, -0.1) is 0 Å². The second kappa shape index (κ2) is 5.72. The third-order valence-electron chi connectivity index (χ3n) is 3.51. The molecule has 104 valence electrons. The summed E-state index contributed by atoms with van der Waals surface area (Å²) < 4.78 is 5.30. The Balaban J connectivity index is 2.44. The highest BCUT2D eigenvalue weighted by Gasteiger charge is 2.31. The Bertz CT molecular complexity index is 459. The van der Waals surface area contributed by atoms with Crippen LogP contribution < -0.4 is 4.90 Å². The van der Waals surface area contributed by atoms with Crippen molar-refractivity contribution in [3.8, 4) is 0 Å². The molecule has 1 atom stereocenters. The summed E-state index contributed by atoms with van der Waals surface area (Å²) in [7, 11) is 0. The first-order valence-electron chi connectivity index (χ1n) is 6.63. The van der Waals surface area contributed by atoms with Crippen LogP contribution in [0.1, 0.15) is 23.1 Å². The van der Waals surface area contributed by atoms with Gasteiger partial charge in [-0.1, -0.05) is 17.7 Å². The fraction of sp³-hybridized carbons (Fsp3) is 0.533. The predicted molar refractivity (Wildman–Crippen MR) is 74.4 cm³/mol. The van der Waals surface area contributed by atoms with Gasteiger partial charge >= 0.3 is 0 Å². The van der Waals surface area contributed by atoms with Crippen LogP contribution in [-0.4, -0.2) is 36.9 Å². The van der Waals surface area contributed by atoms with Crippen molar-refractivity contribution < 1.29 is 14.6 Å². The van der Waals surface area contributed by atoms with Crippen molar-refractivity contribution in [3.05, 3.63) is 28.8 Å². The van der Waals surface area contributed by atoms with E-state index in [0.717, 1.165) is 16.8 Å². The van der Waals surface area contributed by atoms with Gasteiger partial charge in [0.25, 0.3) is 5.91 Å². The fourth-order valence-electron chi connectivity index (χ4n) is 2.85. The predicted octanol–water partition coefficient (Wildman–Crippen LogP) is 1.73. The Morgan fingerprint density at radius 2 is 1.95 bits per heavy atom. The minimum Gasteiger partial charge on any atom is -0.396 e. The molecule has 1 heterocycles. The van der Waals surface area contributed by atoms with E-state index in [4.69, 9.17) is 9.84 Å². The Morgan fingerprint density at radius 3 is 2.53 bits per heavy atom. The van der Waals surface area contributed by atoms with E-state index in [9.17, 15) is 4.79 Å². The summed E-state index contributed by atoms with van der Waals surface area (Å²) in [5.41, 5.74) is 4.35. The Kier molecular flexibility index (Phi) is 4.22. The van der Waals surface area contributed by atoms with Crippen LogP contribution in [0.4, 0.5) is 5.69 Å². The highest BCUT2D eigenvalue weighted by molar-refractivity contribution is 5.97. The maximum Gasteiger partial charge on any atom is 0.253 e. The number of benzene rings is 1. The van der Waals surface area contributed by atoms with E-state index < -0.39 is 0 Å². The summed E-state index contributed by atoms with van der Waals surface area (Å²) >= 11 is 0. The van der Waals surface area contributed by atoms with E-state index in [0.29, 0.717) is 13.0 Å². The number of ether oxygens (including phenoxy) is 1. The molecule has 0 aromatic heterocycles. The van der Waals surface area contributed by atoms with Gasteiger partial charge in [-0.2, -0.15) is 0 Å². The van der Waals surface area contributed by atoms with Gasteiger partial charge in [-0.05, 0) is 38.3 Å². The second-order valence-corrected chi connectivity index (χ2v) is 5.19. The van der Waals surface area contributed by atoms with E-state index in [-0.39, 0.29) is 25.2 Å². The molecule has 1 unspecified atom stereocenters. The molecule has 4 heteroatoms.